The monoisotopic (exact) mass is 418 g/mol. The van der Waals surface area contributed by atoms with Crippen LogP contribution in [0, 0.1) is 0 Å². The fraction of sp³-hybridized carbons (Fsp3) is 0.385. The number of ether oxygens (including phenoxy) is 1. The number of Topliss-reactive ketones (excluding diaryl/α,β-unsaturated/α-hetero) is 1. The molecule has 2 aliphatic heterocycles. The van der Waals surface area contributed by atoms with E-state index >= 15 is 0 Å². The number of hydrogen-bond donors (Lipinski definition) is 1. The van der Waals surface area contributed by atoms with Gasteiger partial charge in [0, 0.05) is 42.6 Å². The Morgan fingerprint density at radius 1 is 1.00 bits per heavy atom. The normalized spacial score (nSPS) is 16.8. The Bertz CT molecular complexity index is 1010. The van der Waals surface area contributed by atoms with Crippen molar-refractivity contribution in [1.29, 1.82) is 0 Å². The summed E-state index contributed by atoms with van der Waals surface area (Å²) in [7, 11) is 0. The molecule has 0 aliphatic carbocycles. The molecule has 1 spiro atoms. The highest BCUT2D eigenvalue weighted by atomic mass is 16.5. The molecule has 0 atom stereocenters. The molecule has 2 heterocycles. The van der Waals surface area contributed by atoms with Gasteiger partial charge in [-0.3, -0.25) is 9.59 Å². The van der Waals surface area contributed by atoms with Crippen LogP contribution >= 0.6 is 0 Å². The van der Waals surface area contributed by atoms with E-state index in [4.69, 9.17) is 4.74 Å². The minimum absolute atomic E-state index is 0.0288. The van der Waals surface area contributed by atoms with Crippen molar-refractivity contribution >= 4 is 17.3 Å². The number of piperidine rings is 1. The van der Waals surface area contributed by atoms with Gasteiger partial charge in [-0.1, -0.05) is 18.2 Å². The van der Waals surface area contributed by atoms with E-state index in [2.05, 4.69) is 11.4 Å². The number of carbonyl (C=O) groups is 2. The summed E-state index contributed by atoms with van der Waals surface area (Å²) < 4.78 is 6.50. The number of ketones is 1. The minimum atomic E-state index is -0.376. The van der Waals surface area contributed by atoms with Crippen LogP contribution in [0.2, 0.25) is 0 Å². The maximum atomic E-state index is 12.7. The molecule has 1 fully saturated rings. The van der Waals surface area contributed by atoms with Crippen LogP contribution in [0.5, 0.6) is 5.75 Å². The lowest BCUT2D eigenvalue weighted by Gasteiger charge is -2.40. The number of carbonyl (C=O) groups excluding carboxylic acids is 2. The van der Waals surface area contributed by atoms with Crippen molar-refractivity contribution in [2.24, 2.45) is 0 Å². The fourth-order valence-corrected chi connectivity index (χ4v) is 4.46. The molecule has 1 N–H and O–H groups in total. The minimum Gasteiger partial charge on any atom is -0.482 e. The van der Waals surface area contributed by atoms with Gasteiger partial charge in [0.15, 0.2) is 5.78 Å². The summed E-state index contributed by atoms with van der Waals surface area (Å²) in [6.07, 6.45) is 3.99. The number of nitrogens with one attached hydrogen (secondary N) is 1. The zero-order valence-electron chi connectivity index (χ0n) is 18.5. The van der Waals surface area contributed by atoms with Gasteiger partial charge in [-0.05, 0) is 75.3 Å². The lowest BCUT2D eigenvalue weighted by Crippen LogP contribution is -2.46. The van der Waals surface area contributed by atoms with Gasteiger partial charge in [0.1, 0.15) is 11.4 Å². The predicted molar refractivity (Wildman–Crippen MR) is 123 cm³/mol. The maximum Gasteiger partial charge on any atom is 0.253 e. The summed E-state index contributed by atoms with van der Waals surface area (Å²) >= 11 is 0. The van der Waals surface area contributed by atoms with Gasteiger partial charge >= 0.3 is 0 Å². The van der Waals surface area contributed by atoms with Crippen molar-refractivity contribution in [3.05, 3.63) is 70.8 Å². The van der Waals surface area contributed by atoms with Gasteiger partial charge < -0.3 is 15.0 Å². The molecule has 2 aromatic carbocycles. The molecule has 0 aromatic heterocycles. The second-order valence-corrected chi connectivity index (χ2v) is 8.30. The van der Waals surface area contributed by atoms with Crippen molar-refractivity contribution in [3.8, 4) is 5.75 Å². The molecule has 1 saturated heterocycles. The Morgan fingerprint density at radius 2 is 1.65 bits per heavy atom. The van der Waals surface area contributed by atoms with E-state index < -0.39 is 0 Å². The Kier molecular flexibility index (Phi) is 5.96. The lowest BCUT2D eigenvalue weighted by molar-refractivity contribution is 0.0772. The van der Waals surface area contributed by atoms with Crippen LogP contribution in [0.3, 0.4) is 0 Å². The van der Waals surface area contributed by atoms with E-state index in [0.717, 1.165) is 48.4 Å². The van der Waals surface area contributed by atoms with Crippen molar-refractivity contribution < 1.29 is 14.3 Å². The molecule has 31 heavy (non-hydrogen) atoms. The van der Waals surface area contributed by atoms with Crippen molar-refractivity contribution in [2.45, 2.75) is 39.2 Å². The van der Waals surface area contributed by atoms with E-state index in [1.54, 1.807) is 6.92 Å². The highest BCUT2D eigenvalue weighted by Crippen LogP contribution is 2.43. The zero-order valence-corrected chi connectivity index (χ0v) is 18.5. The van der Waals surface area contributed by atoms with Crippen molar-refractivity contribution in [3.63, 3.8) is 0 Å². The SMILES string of the molecule is CCN(CC)C(=O)c1ccc(C2=CC3(CCNCC3)Oc3cc(C(C)=O)ccc32)cc1. The first-order valence-corrected chi connectivity index (χ1v) is 11.1. The standard InChI is InChI=1S/C26H30N2O3/c1-4-28(5-2)25(30)20-8-6-19(7-9-20)23-17-26(12-14-27-15-13-26)31-24-16-21(18(3)29)10-11-22(23)24/h6-11,16-17,27H,4-5,12-15H2,1-3H3. The summed E-state index contributed by atoms with van der Waals surface area (Å²) in [5, 5.41) is 3.40. The second-order valence-electron chi connectivity index (χ2n) is 8.30. The molecule has 5 heteroatoms. The van der Waals surface area contributed by atoms with Gasteiger partial charge in [-0.25, -0.2) is 0 Å². The van der Waals surface area contributed by atoms with Crippen LogP contribution in [-0.4, -0.2) is 48.4 Å². The average Bonchev–Trinajstić information content (AvgIpc) is 2.79. The molecule has 5 nitrogen and oxygen atoms in total. The van der Waals surface area contributed by atoms with E-state index in [9.17, 15) is 9.59 Å². The Labute approximate surface area is 184 Å². The largest absolute Gasteiger partial charge is 0.482 e. The molecule has 2 aliphatic rings. The second kappa shape index (κ2) is 8.67. The van der Waals surface area contributed by atoms with Crippen LogP contribution in [0.15, 0.2) is 48.5 Å². The van der Waals surface area contributed by atoms with Crippen LogP contribution in [-0.2, 0) is 0 Å². The van der Waals surface area contributed by atoms with Crippen LogP contribution in [0.4, 0.5) is 0 Å². The third-order valence-electron chi connectivity index (χ3n) is 6.34. The number of benzene rings is 2. The zero-order chi connectivity index (χ0) is 22.0. The fourth-order valence-electron chi connectivity index (χ4n) is 4.46. The number of hydrogen-bond acceptors (Lipinski definition) is 4. The maximum absolute atomic E-state index is 12.7. The van der Waals surface area contributed by atoms with Crippen molar-refractivity contribution in [1.82, 2.24) is 10.2 Å². The molecule has 0 unspecified atom stereocenters. The molecule has 2 aromatic rings. The van der Waals surface area contributed by atoms with Crippen LogP contribution < -0.4 is 10.1 Å². The van der Waals surface area contributed by atoms with Crippen LogP contribution in [0.25, 0.3) is 5.57 Å². The van der Waals surface area contributed by atoms with E-state index in [0.29, 0.717) is 24.2 Å². The first kappa shape index (κ1) is 21.3. The van der Waals surface area contributed by atoms with Gasteiger partial charge in [-0.2, -0.15) is 0 Å². The highest BCUT2D eigenvalue weighted by Gasteiger charge is 2.37. The number of nitrogens with zero attached hydrogens (tertiary/aromatic N) is 1. The summed E-state index contributed by atoms with van der Waals surface area (Å²) in [4.78, 5) is 26.5. The number of fused-ring (bicyclic) bond motifs is 1. The van der Waals surface area contributed by atoms with Gasteiger partial charge in [0.2, 0.25) is 0 Å². The summed E-state index contributed by atoms with van der Waals surface area (Å²) in [6, 6.07) is 13.6. The van der Waals surface area contributed by atoms with Crippen molar-refractivity contribution in [2.75, 3.05) is 26.2 Å². The topological polar surface area (TPSA) is 58.6 Å². The van der Waals surface area contributed by atoms with Gasteiger partial charge in [0.05, 0.1) is 0 Å². The van der Waals surface area contributed by atoms with E-state index in [1.807, 2.05) is 61.2 Å². The number of rotatable bonds is 5. The summed E-state index contributed by atoms with van der Waals surface area (Å²) in [5.41, 5.74) is 4.11. The molecule has 4 rings (SSSR count). The molecular formula is C26H30N2O3. The third-order valence-corrected chi connectivity index (χ3v) is 6.34. The smallest absolute Gasteiger partial charge is 0.253 e. The van der Waals surface area contributed by atoms with Gasteiger partial charge in [-0.15, -0.1) is 0 Å². The summed E-state index contributed by atoms with van der Waals surface area (Å²) in [6.45, 7) is 8.74. The Hall–Kier alpha value is -2.92. The Balaban J connectivity index is 1.75. The van der Waals surface area contributed by atoms with Gasteiger partial charge in [0.25, 0.3) is 5.91 Å². The molecule has 1 amide bonds. The Morgan fingerprint density at radius 3 is 2.26 bits per heavy atom. The van der Waals surface area contributed by atoms with Crippen LogP contribution in [0.1, 0.15) is 65.5 Å². The third kappa shape index (κ3) is 4.15. The molecule has 162 valence electrons. The van der Waals surface area contributed by atoms with E-state index in [1.165, 1.54) is 0 Å². The molecular weight excluding hydrogens is 388 g/mol. The first-order chi connectivity index (χ1) is 15.0. The lowest BCUT2D eigenvalue weighted by atomic mass is 9.83. The highest BCUT2D eigenvalue weighted by molar-refractivity contribution is 5.97. The average molecular weight is 419 g/mol. The predicted octanol–water partition coefficient (Wildman–Crippen LogP) is 4.32. The summed E-state index contributed by atoms with van der Waals surface area (Å²) in [5.74, 6) is 0.843. The molecule has 0 bridgehead atoms. The molecule has 0 radical (unpaired) electrons. The number of amides is 1. The quantitative estimate of drug-likeness (QED) is 0.735. The molecule has 0 saturated carbocycles. The first-order valence-electron chi connectivity index (χ1n) is 11.1. The van der Waals surface area contributed by atoms with E-state index in [-0.39, 0.29) is 17.3 Å².